The molecule has 3 rings (SSSR count). The minimum Gasteiger partial charge on any atom is -0.356 e. The quantitative estimate of drug-likeness (QED) is 0.697. The lowest BCUT2D eigenvalue weighted by Gasteiger charge is -2.06. The lowest BCUT2D eigenvalue weighted by Crippen LogP contribution is -1.90. The number of fused-ring (bicyclic) bond motifs is 1. The Bertz CT molecular complexity index is 638. The van der Waals surface area contributed by atoms with Crippen LogP contribution in [-0.2, 0) is 7.05 Å². The summed E-state index contributed by atoms with van der Waals surface area (Å²) in [6, 6.07) is 18.5. The molecule has 0 saturated heterocycles. The molecule has 1 N–H and O–H groups in total. The molecule has 0 amide bonds. The van der Waals surface area contributed by atoms with E-state index in [0.717, 1.165) is 11.4 Å². The van der Waals surface area contributed by atoms with Crippen LogP contribution in [0.1, 0.15) is 0 Å². The first-order chi connectivity index (χ1) is 8.33. The van der Waals surface area contributed by atoms with Crippen LogP contribution in [0.2, 0.25) is 0 Å². The number of aryl methyl sites for hydroxylation is 1. The van der Waals surface area contributed by atoms with Gasteiger partial charge in [-0.05, 0) is 36.4 Å². The fourth-order valence-electron chi connectivity index (χ4n) is 1.98. The van der Waals surface area contributed by atoms with Crippen LogP contribution in [0.4, 0.5) is 11.4 Å². The van der Waals surface area contributed by atoms with Crippen molar-refractivity contribution in [2.75, 3.05) is 5.32 Å². The molecule has 0 unspecified atom stereocenters. The predicted molar refractivity (Wildman–Crippen MR) is 71.5 cm³/mol. The molecule has 1 heterocycles. The molecule has 83 valence electrons. The number of anilines is 2. The summed E-state index contributed by atoms with van der Waals surface area (Å²) in [4.78, 5) is 0. The van der Waals surface area contributed by atoms with E-state index in [0.29, 0.717) is 0 Å². The van der Waals surface area contributed by atoms with Crippen molar-refractivity contribution >= 4 is 22.3 Å². The Labute approximate surface area is 101 Å². The topological polar surface area (TPSA) is 17.0 Å². The van der Waals surface area contributed by atoms with E-state index in [1.807, 2.05) is 35.9 Å². The second kappa shape index (κ2) is 3.98. The fraction of sp³-hybridized carbons (Fsp3) is 0.0667. The molecule has 0 saturated carbocycles. The molecule has 3 aromatic rings. The van der Waals surface area contributed by atoms with Gasteiger partial charge < -0.3 is 9.88 Å². The summed E-state index contributed by atoms with van der Waals surface area (Å²) in [6.07, 6.45) is 3.16. The first kappa shape index (κ1) is 9.97. The minimum absolute atomic E-state index is 1.10. The van der Waals surface area contributed by atoms with Gasteiger partial charge in [0.1, 0.15) is 0 Å². The van der Waals surface area contributed by atoms with Crippen LogP contribution in [0.25, 0.3) is 10.9 Å². The van der Waals surface area contributed by atoms with Gasteiger partial charge in [-0.3, -0.25) is 0 Å². The maximum atomic E-state index is 3.38. The monoisotopic (exact) mass is 221 g/mol. The van der Waals surface area contributed by atoms with Gasteiger partial charge in [0.25, 0.3) is 0 Å². The van der Waals surface area contributed by atoms with Gasteiger partial charge in [-0.2, -0.15) is 0 Å². The van der Waals surface area contributed by atoms with Gasteiger partial charge >= 0.3 is 0 Å². The molecular weight excluding hydrogens is 208 g/mol. The van der Waals surface area contributed by atoms with Crippen LogP contribution in [-0.4, -0.2) is 4.57 Å². The number of benzene rings is 2. The molecule has 1 aromatic heterocycles. The molecule has 0 bridgehead atoms. The van der Waals surface area contributed by atoms with Crippen molar-refractivity contribution in [3.63, 3.8) is 0 Å². The van der Waals surface area contributed by atoms with Gasteiger partial charge in [-0.15, -0.1) is 0 Å². The van der Waals surface area contributed by atoms with Crippen LogP contribution in [0.15, 0.2) is 54.6 Å². The highest BCUT2D eigenvalue weighted by atomic mass is 14.9. The summed E-state index contributed by atoms with van der Waals surface area (Å²) in [5.41, 5.74) is 3.40. The predicted octanol–water partition coefficient (Wildman–Crippen LogP) is 3.72. The van der Waals surface area contributed by atoms with Gasteiger partial charge in [0.15, 0.2) is 0 Å². The Morgan fingerprint density at radius 2 is 1.82 bits per heavy atom. The van der Waals surface area contributed by atoms with Gasteiger partial charge in [0.2, 0.25) is 0 Å². The maximum Gasteiger partial charge on any atom is 0.0656 e. The van der Waals surface area contributed by atoms with Crippen molar-refractivity contribution in [2.24, 2.45) is 7.05 Å². The van der Waals surface area contributed by atoms with Crippen molar-refractivity contribution in [3.8, 4) is 0 Å². The minimum atomic E-state index is 1.10. The number of rotatable bonds is 2. The Kier molecular flexibility index (Phi) is 2.33. The Morgan fingerprint density at radius 3 is 2.65 bits per heavy atom. The van der Waals surface area contributed by atoms with E-state index in [1.54, 1.807) is 0 Å². The summed E-state index contributed by atoms with van der Waals surface area (Å²) in [5.74, 6) is 0. The second-order valence-corrected chi connectivity index (χ2v) is 4.10. The van der Waals surface area contributed by atoms with Gasteiger partial charge in [-0.1, -0.05) is 18.2 Å². The van der Waals surface area contributed by atoms with Crippen molar-refractivity contribution < 1.29 is 0 Å². The van der Waals surface area contributed by atoms with E-state index < -0.39 is 0 Å². The van der Waals surface area contributed by atoms with Crippen LogP contribution in [0.5, 0.6) is 0 Å². The van der Waals surface area contributed by atoms with Crippen LogP contribution in [0, 0.1) is 6.20 Å². The zero-order valence-corrected chi connectivity index (χ0v) is 9.64. The van der Waals surface area contributed by atoms with E-state index in [4.69, 9.17) is 0 Å². The molecule has 0 fully saturated rings. The highest BCUT2D eigenvalue weighted by Gasteiger charge is 2.00. The first-order valence-corrected chi connectivity index (χ1v) is 5.62. The van der Waals surface area contributed by atoms with Crippen LogP contribution < -0.4 is 5.32 Å². The molecule has 0 aliphatic carbocycles. The summed E-state index contributed by atoms with van der Waals surface area (Å²) >= 11 is 0. The number of nitrogens with one attached hydrogen (secondary N) is 1. The van der Waals surface area contributed by atoms with Crippen LogP contribution in [0.3, 0.4) is 0 Å². The molecule has 0 spiro atoms. The standard InChI is InChI=1S/C15H13N2/c1-17-10-9-12-11-14(7-8-15(12)17)16-13-5-3-2-4-6-13/h2-9,11,16H,1H3. The molecule has 2 aromatic carbocycles. The molecule has 17 heavy (non-hydrogen) atoms. The summed E-state index contributed by atoms with van der Waals surface area (Å²) < 4.78 is 2.00. The van der Waals surface area contributed by atoms with Gasteiger partial charge in [0, 0.05) is 29.3 Å². The summed E-state index contributed by atoms with van der Waals surface area (Å²) in [6.45, 7) is 0. The molecule has 2 heteroatoms. The third-order valence-corrected chi connectivity index (χ3v) is 2.87. The molecule has 0 aliphatic heterocycles. The number of hydrogen-bond donors (Lipinski definition) is 1. The largest absolute Gasteiger partial charge is 0.356 e. The van der Waals surface area contributed by atoms with E-state index in [2.05, 4.69) is 41.8 Å². The lowest BCUT2D eigenvalue weighted by molar-refractivity contribution is 0.960. The van der Waals surface area contributed by atoms with E-state index in [9.17, 15) is 0 Å². The second-order valence-electron chi connectivity index (χ2n) is 4.10. The Morgan fingerprint density at radius 1 is 1.00 bits per heavy atom. The number of aromatic nitrogens is 1. The molecule has 2 nitrogen and oxygen atoms in total. The van der Waals surface area contributed by atoms with Gasteiger partial charge in [0.05, 0.1) is 6.20 Å². The summed E-state index contributed by atoms with van der Waals surface area (Å²) in [7, 11) is 2.01. The smallest absolute Gasteiger partial charge is 0.0656 e. The van der Waals surface area contributed by atoms with Gasteiger partial charge in [-0.25, -0.2) is 0 Å². The SMILES string of the molecule is Cn1[c]cc2cc(Nc3ccccc3)ccc21. The Balaban J connectivity index is 1.96. The zero-order valence-electron chi connectivity index (χ0n) is 9.64. The molecule has 0 aliphatic rings. The third-order valence-electron chi connectivity index (χ3n) is 2.87. The average molecular weight is 221 g/mol. The normalized spacial score (nSPS) is 10.6. The number of hydrogen-bond acceptors (Lipinski definition) is 1. The van der Waals surface area contributed by atoms with Crippen molar-refractivity contribution in [1.82, 2.24) is 4.57 Å². The molecule has 1 radical (unpaired) electrons. The van der Waals surface area contributed by atoms with Crippen molar-refractivity contribution in [3.05, 3.63) is 60.8 Å². The number of para-hydroxylation sites is 1. The Hall–Kier alpha value is -2.22. The third kappa shape index (κ3) is 1.89. The van der Waals surface area contributed by atoms with Crippen molar-refractivity contribution in [2.45, 2.75) is 0 Å². The van der Waals surface area contributed by atoms with E-state index >= 15 is 0 Å². The van der Waals surface area contributed by atoms with Crippen molar-refractivity contribution in [1.29, 1.82) is 0 Å². The van der Waals surface area contributed by atoms with E-state index in [1.165, 1.54) is 10.9 Å². The van der Waals surface area contributed by atoms with Crippen LogP contribution >= 0.6 is 0 Å². The fourth-order valence-corrected chi connectivity index (χ4v) is 1.98. The molecular formula is C15H13N2. The highest BCUT2D eigenvalue weighted by Crippen LogP contribution is 2.22. The summed E-state index contributed by atoms with van der Waals surface area (Å²) in [5, 5.41) is 4.58. The lowest BCUT2D eigenvalue weighted by atomic mass is 10.2. The zero-order chi connectivity index (χ0) is 11.7. The molecule has 0 atom stereocenters. The first-order valence-electron chi connectivity index (χ1n) is 5.62. The number of nitrogens with zero attached hydrogens (tertiary/aromatic N) is 1. The highest BCUT2D eigenvalue weighted by molar-refractivity contribution is 5.84. The van der Waals surface area contributed by atoms with E-state index in [-0.39, 0.29) is 0 Å². The average Bonchev–Trinajstić information content (AvgIpc) is 2.72. The maximum absolute atomic E-state index is 3.38.